The van der Waals surface area contributed by atoms with E-state index in [1.807, 2.05) is 19.9 Å². The highest BCUT2D eigenvalue weighted by atomic mass is 16.5. The van der Waals surface area contributed by atoms with E-state index in [0.29, 0.717) is 6.54 Å². The second kappa shape index (κ2) is 5.56. The van der Waals surface area contributed by atoms with Gasteiger partial charge in [-0.15, -0.1) is 0 Å². The zero-order valence-electron chi connectivity index (χ0n) is 9.32. The first-order chi connectivity index (χ1) is 7.15. The topological polar surface area (TPSA) is 51.5 Å². The normalized spacial score (nSPS) is 14.6. The average Bonchev–Trinajstić information content (AvgIpc) is 2.76. The van der Waals surface area contributed by atoms with E-state index in [0.717, 1.165) is 5.56 Å². The second-order valence-corrected chi connectivity index (χ2v) is 3.61. The summed E-state index contributed by atoms with van der Waals surface area (Å²) in [4.78, 5) is 11.2. The van der Waals surface area contributed by atoms with Crippen LogP contribution in [0.1, 0.15) is 19.4 Å². The van der Waals surface area contributed by atoms with Crippen molar-refractivity contribution in [3.63, 3.8) is 0 Å². The van der Waals surface area contributed by atoms with Gasteiger partial charge in [0.05, 0.1) is 25.6 Å². The summed E-state index contributed by atoms with van der Waals surface area (Å²) in [6, 6.07) is 1.97. The zero-order chi connectivity index (χ0) is 11.3. The van der Waals surface area contributed by atoms with Gasteiger partial charge in [0, 0.05) is 18.2 Å². The first-order valence-electron chi connectivity index (χ1n) is 4.97. The summed E-state index contributed by atoms with van der Waals surface area (Å²) < 4.78 is 9.62. The van der Waals surface area contributed by atoms with E-state index < -0.39 is 0 Å². The molecule has 1 aromatic rings. The lowest BCUT2D eigenvalue weighted by Gasteiger charge is -2.18. The van der Waals surface area contributed by atoms with Gasteiger partial charge in [0.2, 0.25) is 0 Å². The van der Waals surface area contributed by atoms with Crippen molar-refractivity contribution < 1.29 is 13.9 Å². The number of rotatable bonds is 5. The Morgan fingerprint density at radius 2 is 2.33 bits per heavy atom. The third-order valence-corrected chi connectivity index (χ3v) is 2.53. The van der Waals surface area contributed by atoms with Gasteiger partial charge < -0.3 is 14.5 Å². The minimum absolute atomic E-state index is 0.0762. The maximum Gasteiger partial charge on any atom is 0.309 e. The van der Waals surface area contributed by atoms with Crippen molar-refractivity contribution in [2.75, 3.05) is 7.11 Å². The molecule has 1 aromatic heterocycles. The fourth-order valence-corrected chi connectivity index (χ4v) is 1.24. The van der Waals surface area contributed by atoms with Gasteiger partial charge in [-0.2, -0.15) is 0 Å². The van der Waals surface area contributed by atoms with Crippen LogP contribution in [0.5, 0.6) is 0 Å². The molecule has 2 atom stereocenters. The molecule has 4 nitrogen and oxygen atoms in total. The van der Waals surface area contributed by atoms with Gasteiger partial charge in [0.15, 0.2) is 0 Å². The molecule has 1 N–H and O–H groups in total. The molecule has 0 bridgehead atoms. The van der Waals surface area contributed by atoms with Crippen LogP contribution in [-0.4, -0.2) is 19.1 Å². The van der Waals surface area contributed by atoms with E-state index in [1.165, 1.54) is 7.11 Å². The molecule has 0 aliphatic carbocycles. The maximum atomic E-state index is 11.2. The van der Waals surface area contributed by atoms with Crippen LogP contribution < -0.4 is 5.32 Å². The monoisotopic (exact) mass is 211 g/mol. The van der Waals surface area contributed by atoms with Crippen LogP contribution in [0.4, 0.5) is 0 Å². The summed E-state index contributed by atoms with van der Waals surface area (Å²) in [5.41, 5.74) is 1.07. The zero-order valence-corrected chi connectivity index (χ0v) is 9.32. The summed E-state index contributed by atoms with van der Waals surface area (Å²) in [5.74, 6) is -0.343. The van der Waals surface area contributed by atoms with Crippen molar-refractivity contribution in [1.29, 1.82) is 0 Å². The van der Waals surface area contributed by atoms with Gasteiger partial charge in [-0.1, -0.05) is 6.92 Å². The number of methoxy groups -OCH3 is 1. The maximum absolute atomic E-state index is 11.2. The number of carbonyl (C=O) groups excluding carboxylic acids is 1. The minimum atomic E-state index is -0.192. The third kappa shape index (κ3) is 3.40. The number of ether oxygens (including phenoxy) is 1. The molecule has 0 saturated carbocycles. The van der Waals surface area contributed by atoms with Crippen LogP contribution in [0, 0.1) is 5.92 Å². The van der Waals surface area contributed by atoms with Gasteiger partial charge in [-0.25, -0.2) is 0 Å². The lowest BCUT2D eigenvalue weighted by Crippen LogP contribution is -2.36. The number of carbonyl (C=O) groups is 1. The minimum Gasteiger partial charge on any atom is -0.472 e. The first-order valence-corrected chi connectivity index (χ1v) is 4.97. The van der Waals surface area contributed by atoms with Gasteiger partial charge in [0.25, 0.3) is 0 Å². The Labute approximate surface area is 89.6 Å². The van der Waals surface area contributed by atoms with E-state index >= 15 is 0 Å². The van der Waals surface area contributed by atoms with Crippen LogP contribution in [0.2, 0.25) is 0 Å². The Morgan fingerprint density at radius 1 is 1.60 bits per heavy atom. The molecule has 0 saturated heterocycles. The first kappa shape index (κ1) is 11.8. The molecule has 0 aliphatic rings. The molecular weight excluding hydrogens is 194 g/mol. The highest BCUT2D eigenvalue weighted by molar-refractivity contribution is 5.72. The Hall–Kier alpha value is -1.29. The summed E-state index contributed by atoms with van der Waals surface area (Å²) in [6.07, 6.45) is 3.31. The van der Waals surface area contributed by atoms with Crippen LogP contribution in [0.3, 0.4) is 0 Å². The fraction of sp³-hybridized carbons (Fsp3) is 0.545. The van der Waals surface area contributed by atoms with Crippen molar-refractivity contribution in [2.24, 2.45) is 5.92 Å². The second-order valence-electron chi connectivity index (χ2n) is 3.61. The molecule has 15 heavy (non-hydrogen) atoms. The summed E-state index contributed by atoms with van der Waals surface area (Å²) in [5, 5.41) is 3.24. The summed E-state index contributed by atoms with van der Waals surface area (Å²) in [6.45, 7) is 4.50. The number of furan rings is 1. The Balaban J connectivity index is 2.35. The van der Waals surface area contributed by atoms with Crippen molar-refractivity contribution in [2.45, 2.75) is 26.4 Å². The molecule has 0 aromatic carbocycles. The van der Waals surface area contributed by atoms with Crippen LogP contribution >= 0.6 is 0 Å². The third-order valence-electron chi connectivity index (χ3n) is 2.53. The predicted octanol–water partition coefficient (Wildman–Crippen LogP) is 1.57. The molecule has 0 amide bonds. The predicted molar refractivity (Wildman–Crippen MR) is 56.2 cm³/mol. The van der Waals surface area contributed by atoms with E-state index in [-0.39, 0.29) is 17.9 Å². The molecule has 0 aliphatic heterocycles. The molecule has 2 unspecified atom stereocenters. The molecule has 0 radical (unpaired) electrons. The van der Waals surface area contributed by atoms with Gasteiger partial charge in [0.1, 0.15) is 0 Å². The van der Waals surface area contributed by atoms with Gasteiger partial charge >= 0.3 is 5.97 Å². The molecule has 0 spiro atoms. The van der Waals surface area contributed by atoms with Gasteiger partial charge in [-0.05, 0) is 13.0 Å². The van der Waals surface area contributed by atoms with E-state index in [4.69, 9.17) is 4.42 Å². The van der Waals surface area contributed by atoms with Crippen molar-refractivity contribution in [3.05, 3.63) is 24.2 Å². The fourth-order valence-electron chi connectivity index (χ4n) is 1.24. The summed E-state index contributed by atoms with van der Waals surface area (Å²) in [7, 11) is 1.40. The standard InChI is InChI=1S/C11H17NO3/c1-8(11(13)14-3)9(2)12-6-10-4-5-15-7-10/h4-5,7-9,12H,6H2,1-3H3. The highest BCUT2D eigenvalue weighted by Crippen LogP contribution is 2.06. The molecule has 0 fully saturated rings. The van der Waals surface area contributed by atoms with E-state index in [1.54, 1.807) is 12.5 Å². The van der Waals surface area contributed by atoms with Crippen molar-refractivity contribution >= 4 is 5.97 Å². The Bertz CT molecular complexity index is 295. The number of esters is 1. The SMILES string of the molecule is COC(=O)C(C)C(C)NCc1ccoc1. The van der Waals surface area contributed by atoms with Crippen LogP contribution in [0.15, 0.2) is 23.0 Å². The molecule has 1 rings (SSSR count). The van der Waals surface area contributed by atoms with Crippen molar-refractivity contribution in [1.82, 2.24) is 5.32 Å². The number of hydrogen-bond donors (Lipinski definition) is 1. The number of hydrogen-bond acceptors (Lipinski definition) is 4. The smallest absolute Gasteiger partial charge is 0.309 e. The largest absolute Gasteiger partial charge is 0.472 e. The molecule has 84 valence electrons. The average molecular weight is 211 g/mol. The lowest BCUT2D eigenvalue weighted by atomic mass is 10.0. The summed E-state index contributed by atoms with van der Waals surface area (Å²) >= 11 is 0. The number of nitrogens with one attached hydrogen (secondary N) is 1. The Kier molecular flexibility index (Phi) is 4.37. The molecule has 4 heteroatoms. The van der Waals surface area contributed by atoms with E-state index in [2.05, 4.69) is 10.1 Å². The van der Waals surface area contributed by atoms with Crippen molar-refractivity contribution in [3.8, 4) is 0 Å². The van der Waals surface area contributed by atoms with Gasteiger partial charge in [-0.3, -0.25) is 4.79 Å². The molecular formula is C11H17NO3. The quantitative estimate of drug-likeness (QED) is 0.751. The Morgan fingerprint density at radius 3 is 2.87 bits per heavy atom. The highest BCUT2D eigenvalue weighted by Gasteiger charge is 2.20. The lowest BCUT2D eigenvalue weighted by molar-refractivity contribution is -0.145. The van der Waals surface area contributed by atoms with Crippen LogP contribution in [-0.2, 0) is 16.1 Å². The molecule has 1 heterocycles. The van der Waals surface area contributed by atoms with Crippen LogP contribution in [0.25, 0.3) is 0 Å². The van der Waals surface area contributed by atoms with E-state index in [9.17, 15) is 4.79 Å².